The standard InChI is InChI=1S/C29H32N6O/c36-29(31-25-7-5-6-21(15-25)19-34-10-1-2-11-34)28-26-16-23(8-9-27(26)32-33-28)24-14-22(17-30-18-24)20-35-12-3-4-13-35/h5-9,14-18H,1-4,10-13,19-20H2,(H,31,36)(H,32,33). The number of rotatable bonds is 7. The maximum absolute atomic E-state index is 13.2. The van der Waals surface area contributed by atoms with Crippen molar-refractivity contribution < 1.29 is 4.79 Å². The third-order valence-electron chi connectivity index (χ3n) is 7.30. The molecule has 0 bridgehead atoms. The van der Waals surface area contributed by atoms with Crippen molar-refractivity contribution in [2.75, 3.05) is 31.5 Å². The monoisotopic (exact) mass is 480 g/mol. The van der Waals surface area contributed by atoms with Crippen molar-refractivity contribution in [2.45, 2.75) is 38.8 Å². The predicted octanol–water partition coefficient (Wildman–Crippen LogP) is 5.07. The molecule has 2 aliphatic heterocycles. The van der Waals surface area contributed by atoms with Crippen LogP contribution in [-0.2, 0) is 13.1 Å². The second-order valence-electron chi connectivity index (χ2n) is 10.0. The molecule has 2 N–H and O–H groups in total. The summed E-state index contributed by atoms with van der Waals surface area (Å²) in [6.07, 6.45) is 8.93. The summed E-state index contributed by atoms with van der Waals surface area (Å²) in [4.78, 5) is 22.6. The Hall–Kier alpha value is -3.55. The zero-order chi connectivity index (χ0) is 24.3. The lowest BCUT2D eigenvalue weighted by atomic mass is 10.0. The highest BCUT2D eigenvalue weighted by atomic mass is 16.1. The quantitative estimate of drug-likeness (QED) is 0.386. The SMILES string of the molecule is O=C(Nc1cccc(CN2CCCC2)c1)c1n[nH]c2ccc(-c3cncc(CN4CCCC4)c3)cc12. The highest BCUT2D eigenvalue weighted by Crippen LogP contribution is 2.27. The van der Waals surface area contributed by atoms with Gasteiger partial charge in [0.05, 0.1) is 5.52 Å². The summed E-state index contributed by atoms with van der Waals surface area (Å²) in [6, 6.07) is 16.4. The van der Waals surface area contributed by atoms with Crippen molar-refractivity contribution in [3.05, 3.63) is 77.7 Å². The molecule has 0 aliphatic carbocycles. The van der Waals surface area contributed by atoms with Crippen LogP contribution in [0.3, 0.4) is 0 Å². The number of pyridine rings is 1. The van der Waals surface area contributed by atoms with Gasteiger partial charge < -0.3 is 5.32 Å². The summed E-state index contributed by atoms with van der Waals surface area (Å²) in [5.74, 6) is -0.211. The summed E-state index contributed by atoms with van der Waals surface area (Å²) >= 11 is 0. The van der Waals surface area contributed by atoms with Gasteiger partial charge in [0.25, 0.3) is 5.91 Å². The number of benzene rings is 2. The fourth-order valence-corrected chi connectivity index (χ4v) is 5.43. The molecule has 0 saturated carbocycles. The highest BCUT2D eigenvalue weighted by molar-refractivity contribution is 6.11. The first-order valence-corrected chi connectivity index (χ1v) is 13.0. The van der Waals surface area contributed by atoms with Gasteiger partial charge >= 0.3 is 0 Å². The fraction of sp³-hybridized carbons (Fsp3) is 0.345. The van der Waals surface area contributed by atoms with Crippen LogP contribution in [0.5, 0.6) is 0 Å². The molecule has 36 heavy (non-hydrogen) atoms. The number of hydrogen-bond donors (Lipinski definition) is 2. The van der Waals surface area contributed by atoms with Crippen LogP contribution >= 0.6 is 0 Å². The zero-order valence-corrected chi connectivity index (χ0v) is 20.5. The Kier molecular flexibility index (Phi) is 6.49. The molecule has 6 rings (SSSR count). The third kappa shape index (κ3) is 5.03. The Bertz CT molecular complexity index is 1370. The molecule has 4 aromatic rings. The number of fused-ring (bicyclic) bond motifs is 1. The molecule has 0 atom stereocenters. The molecule has 2 aliphatic rings. The average Bonchev–Trinajstić information content (AvgIpc) is 3.67. The lowest BCUT2D eigenvalue weighted by molar-refractivity contribution is 0.102. The van der Waals surface area contributed by atoms with Crippen LogP contribution in [0.25, 0.3) is 22.0 Å². The van der Waals surface area contributed by atoms with Gasteiger partial charge in [0, 0.05) is 42.1 Å². The highest BCUT2D eigenvalue weighted by Gasteiger charge is 2.17. The number of aromatic nitrogens is 3. The molecule has 0 spiro atoms. The summed E-state index contributed by atoms with van der Waals surface area (Å²) < 4.78 is 0. The van der Waals surface area contributed by atoms with Crippen molar-refractivity contribution in [3.8, 4) is 11.1 Å². The molecule has 0 radical (unpaired) electrons. The van der Waals surface area contributed by atoms with E-state index in [1.807, 2.05) is 36.7 Å². The maximum atomic E-state index is 13.2. The van der Waals surface area contributed by atoms with Gasteiger partial charge in [-0.1, -0.05) is 18.2 Å². The van der Waals surface area contributed by atoms with Gasteiger partial charge in [0.2, 0.25) is 0 Å². The van der Waals surface area contributed by atoms with Crippen molar-refractivity contribution in [1.29, 1.82) is 0 Å². The van der Waals surface area contributed by atoms with Crippen molar-refractivity contribution >= 4 is 22.5 Å². The van der Waals surface area contributed by atoms with Crippen LogP contribution in [0, 0.1) is 0 Å². The maximum Gasteiger partial charge on any atom is 0.276 e. The van der Waals surface area contributed by atoms with Crippen LogP contribution in [0.1, 0.15) is 47.3 Å². The van der Waals surface area contributed by atoms with Crippen LogP contribution in [0.2, 0.25) is 0 Å². The number of aromatic amines is 1. The molecule has 184 valence electrons. The van der Waals surface area contributed by atoms with Gasteiger partial charge in [-0.3, -0.25) is 24.7 Å². The van der Waals surface area contributed by atoms with Crippen molar-refractivity contribution in [1.82, 2.24) is 25.0 Å². The Balaban J connectivity index is 1.21. The average molecular weight is 481 g/mol. The minimum Gasteiger partial charge on any atom is -0.321 e. The number of nitrogens with zero attached hydrogens (tertiary/aromatic N) is 4. The topological polar surface area (TPSA) is 77.1 Å². The number of likely N-dealkylation sites (tertiary alicyclic amines) is 2. The number of carbonyl (C=O) groups excluding carboxylic acids is 1. The second-order valence-corrected chi connectivity index (χ2v) is 10.0. The molecule has 2 aromatic carbocycles. The van der Waals surface area contributed by atoms with E-state index in [-0.39, 0.29) is 5.91 Å². The van der Waals surface area contributed by atoms with Gasteiger partial charge in [-0.2, -0.15) is 5.10 Å². The minimum absolute atomic E-state index is 0.211. The van der Waals surface area contributed by atoms with Crippen molar-refractivity contribution in [2.24, 2.45) is 0 Å². The Morgan fingerprint density at radius 2 is 1.58 bits per heavy atom. The number of nitrogens with one attached hydrogen (secondary N) is 2. The van der Waals surface area contributed by atoms with E-state index >= 15 is 0 Å². The number of hydrogen-bond acceptors (Lipinski definition) is 5. The first kappa shape index (κ1) is 22.9. The molecule has 7 nitrogen and oxygen atoms in total. The summed E-state index contributed by atoms with van der Waals surface area (Å²) in [5, 5.41) is 11.2. The van der Waals surface area contributed by atoms with E-state index in [0.717, 1.165) is 67.0 Å². The second kappa shape index (κ2) is 10.2. The largest absolute Gasteiger partial charge is 0.321 e. The molecule has 7 heteroatoms. The smallest absolute Gasteiger partial charge is 0.276 e. The zero-order valence-electron chi connectivity index (χ0n) is 20.5. The summed E-state index contributed by atoms with van der Waals surface area (Å²) in [5.41, 5.74) is 6.55. The lowest BCUT2D eigenvalue weighted by Crippen LogP contribution is -2.18. The van der Waals surface area contributed by atoms with Crippen LogP contribution in [-0.4, -0.2) is 57.1 Å². The van der Waals surface area contributed by atoms with E-state index in [2.05, 4.69) is 54.6 Å². The molecule has 0 unspecified atom stereocenters. The summed E-state index contributed by atoms with van der Waals surface area (Å²) in [7, 11) is 0. The molecule has 2 saturated heterocycles. The van der Waals surface area contributed by atoms with E-state index in [0.29, 0.717) is 5.69 Å². The number of amides is 1. The number of anilines is 1. The Morgan fingerprint density at radius 1 is 0.833 bits per heavy atom. The van der Waals surface area contributed by atoms with E-state index in [9.17, 15) is 4.79 Å². The molecule has 1 amide bonds. The lowest BCUT2D eigenvalue weighted by Gasteiger charge is -2.15. The fourth-order valence-electron chi connectivity index (χ4n) is 5.43. The first-order valence-electron chi connectivity index (χ1n) is 13.0. The van der Waals surface area contributed by atoms with Crippen LogP contribution in [0.15, 0.2) is 60.9 Å². The van der Waals surface area contributed by atoms with Gasteiger partial charge in [-0.15, -0.1) is 0 Å². The first-order chi connectivity index (χ1) is 17.7. The minimum atomic E-state index is -0.211. The number of carbonyl (C=O) groups is 1. The Labute approximate surface area is 211 Å². The van der Waals surface area contributed by atoms with E-state index in [1.165, 1.54) is 36.8 Å². The molecule has 2 aromatic heterocycles. The predicted molar refractivity (Wildman–Crippen MR) is 143 cm³/mol. The van der Waals surface area contributed by atoms with E-state index in [4.69, 9.17) is 0 Å². The third-order valence-corrected chi connectivity index (χ3v) is 7.30. The normalized spacial score (nSPS) is 16.7. The van der Waals surface area contributed by atoms with Crippen molar-refractivity contribution in [3.63, 3.8) is 0 Å². The van der Waals surface area contributed by atoms with E-state index < -0.39 is 0 Å². The molecular formula is C29H32N6O. The van der Waals surface area contributed by atoms with Crippen LogP contribution < -0.4 is 5.32 Å². The Morgan fingerprint density at radius 3 is 2.36 bits per heavy atom. The molecule has 2 fully saturated rings. The summed E-state index contributed by atoms with van der Waals surface area (Å²) in [6.45, 7) is 6.46. The number of H-pyrrole nitrogens is 1. The van der Waals surface area contributed by atoms with Gasteiger partial charge in [-0.25, -0.2) is 0 Å². The van der Waals surface area contributed by atoms with Gasteiger partial charge in [0.15, 0.2) is 5.69 Å². The van der Waals surface area contributed by atoms with Crippen LogP contribution in [0.4, 0.5) is 5.69 Å². The van der Waals surface area contributed by atoms with Gasteiger partial charge in [0.1, 0.15) is 0 Å². The molecule has 4 heterocycles. The van der Waals surface area contributed by atoms with Gasteiger partial charge in [-0.05, 0) is 98.9 Å². The van der Waals surface area contributed by atoms with E-state index in [1.54, 1.807) is 0 Å². The molecular weight excluding hydrogens is 448 g/mol.